The number of fused-ring (bicyclic) bond motifs is 1. The molecule has 8 nitrogen and oxygen atoms in total. The Morgan fingerprint density at radius 2 is 1.68 bits per heavy atom. The number of piperidine rings is 1. The maximum absolute atomic E-state index is 12.8. The maximum atomic E-state index is 12.8. The summed E-state index contributed by atoms with van der Waals surface area (Å²) in [4.78, 5) is 13.0. The van der Waals surface area contributed by atoms with Crippen LogP contribution in [-0.4, -0.2) is 45.1 Å². The van der Waals surface area contributed by atoms with Crippen molar-refractivity contribution in [2.24, 2.45) is 5.92 Å². The van der Waals surface area contributed by atoms with Crippen LogP contribution in [0, 0.1) is 5.92 Å². The van der Waals surface area contributed by atoms with E-state index >= 15 is 0 Å². The number of amides is 2. The lowest BCUT2D eigenvalue weighted by atomic mass is 10.0. The van der Waals surface area contributed by atoms with Crippen molar-refractivity contribution in [1.82, 2.24) is 14.9 Å². The van der Waals surface area contributed by atoms with Gasteiger partial charge in [0, 0.05) is 19.6 Å². The first-order valence-electron chi connectivity index (χ1n) is 12.0. The van der Waals surface area contributed by atoms with E-state index in [9.17, 15) is 13.2 Å². The van der Waals surface area contributed by atoms with Crippen LogP contribution in [0.15, 0.2) is 47.4 Å². The molecule has 34 heavy (non-hydrogen) atoms. The Balaban J connectivity index is 1.18. The summed E-state index contributed by atoms with van der Waals surface area (Å²) < 4.78 is 38.5. The number of urea groups is 1. The lowest BCUT2D eigenvalue weighted by molar-refractivity contribution is 0.171. The second-order valence-electron chi connectivity index (χ2n) is 9.15. The van der Waals surface area contributed by atoms with Crippen LogP contribution in [0.2, 0.25) is 0 Å². The second kappa shape index (κ2) is 9.84. The van der Waals surface area contributed by atoms with E-state index in [1.807, 2.05) is 18.2 Å². The van der Waals surface area contributed by atoms with Crippen molar-refractivity contribution in [3.05, 3.63) is 53.6 Å². The van der Waals surface area contributed by atoms with Crippen molar-refractivity contribution in [3.8, 4) is 11.5 Å². The minimum absolute atomic E-state index is 0.0899. The minimum atomic E-state index is -3.45. The molecule has 9 heteroatoms. The van der Waals surface area contributed by atoms with Crippen LogP contribution < -0.4 is 20.1 Å². The molecule has 0 aromatic heterocycles. The van der Waals surface area contributed by atoms with Crippen LogP contribution in [0.3, 0.4) is 0 Å². The number of nitrogens with zero attached hydrogens (tertiary/aromatic N) is 1. The van der Waals surface area contributed by atoms with Gasteiger partial charge >= 0.3 is 6.03 Å². The highest BCUT2D eigenvalue weighted by Gasteiger charge is 2.34. The third-order valence-electron chi connectivity index (χ3n) is 6.63. The zero-order chi connectivity index (χ0) is 23.5. The molecule has 0 radical (unpaired) electrons. The molecule has 1 aliphatic carbocycles. The summed E-state index contributed by atoms with van der Waals surface area (Å²) in [6.07, 6.45) is 5.04. The highest BCUT2D eigenvalue weighted by Crippen LogP contribution is 2.43. The van der Waals surface area contributed by atoms with Crippen LogP contribution in [-0.2, 0) is 16.6 Å². The molecule has 1 unspecified atom stereocenters. The van der Waals surface area contributed by atoms with Crippen LogP contribution in [0.25, 0.3) is 0 Å². The molecule has 0 spiro atoms. The third-order valence-corrected chi connectivity index (χ3v) is 8.55. The van der Waals surface area contributed by atoms with Crippen LogP contribution in [0.1, 0.15) is 49.3 Å². The Kier molecular flexibility index (Phi) is 6.65. The molecule has 0 bridgehead atoms. The monoisotopic (exact) mass is 485 g/mol. The van der Waals surface area contributed by atoms with Crippen LogP contribution >= 0.6 is 0 Å². The molecule has 2 heterocycles. The maximum Gasteiger partial charge on any atom is 0.315 e. The Morgan fingerprint density at radius 3 is 2.38 bits per heavy atom. The molecule has 2 aromatic rings. The van der Waals surface area contributed by atoms with Crippen LogP contribution in [0.4, 0.5) is 4.79 Å². The summed E-state index contributed by atoms with van der Waals surface area (Å²) in [5, 5.41) is 6.00. The van der Waals surface area contributed by atoms with Gasteiger partial charge in [-0.15, -0.1) is 0 Å². The van der Waals surface area contributed by atoms with Gasteiger partial charge in [-0.25, -0.2) is 13.2 Å². The van der Waals surface area contributed by atoms with E-state index in [1.165, 1.54) is 0 Å². The number of hydrogen-bond donors (Lipinski definition) is 2. The average molecular weight is 486 g/mol. The predicted molar refractivity (Wildman–Crippen MR) is 127 cm³/mol. The highest BCUT2D eigenvalue weighted by molar-refractivity contribution is 7.89. The number of carbonyl (C=O) groups is 1. The van der Waals surface area contributed by atoms with Gasteiger partial charge in [-0.05, 0) is 67.0 Å². The van der Waals surface area contributed by atoms with Gasteiger partial charge < -0.3 is 20.1 Å². The Bertz CT molecular complexity index is 1130. The molecule has 1 saturated carbocycles. The first-order chi connectivity index (χ1) is 16.5. The largest absolute Gasteiger partial charge is 0.486 e. The van der Waals surface area contributed by atoms with Gasteiger partial charge in [0.05, 0.1) is 10.9 Å². The summed E-state index contributed by atoms with van der Waals surface area (Å²) in [5.41, 5.74) is 1.85. The molecule has 2 amide bonds. The molecule has 2 aliphatic heterocycles. The number of nitrogens with one attached hydrogen (secondary N) is 2. The summed E-state index contributed by atoms with van der Waals surface area (Å²) in [6, 6.07) is 12.3. The van der Waals surface area contributed by atoms with Crippen LogP contribution in [0.5, 0.6) is 11.5 Å². The van der Waals surface area contributed by atoms with Crippen molar-refractivity contribution >= 4 is 16.1 Å². The summed E-state index contributed by atoms with van der Waals surface area (Å²) >= 11 is 0. The van der Waals surface area contributed by atoms with Crippen molar-refractivity contribution < 1.29 is 22.7 Å². The van der Waals surface area contributed by atoms with Crippen molar-refractivity contribution in [1.29, 1.82) is 0 Å². The zero-order valence-corrected chi connectivity index (χ0v) is 20.0. The lowest BCUT2D eigenvalue weighted by Gasteiger charge is -2.25. The van der Waals surface area contributed by atoms with Gasteiger partial charge in [-0.2, -0.15) is 4.31 Å². The zero-order valence-electron chi connectivity index (χ0n) is 19.2. The minimum Gasteiger partial charge on any atom is -0.486 e. The predicted octanol–water partition coefficient (Wildman–Crippen LogP) is 3.58. The normalized spacial score (nSPS) is 19.3. The molecule has 2 N–H and O–H groups in total. The number of hydrogen-bond acceptors (Lipinski definition) is 5. The van der Waals surface area contributed by atoms with Gasteiger partial charge in [0.25, 0.3) is 0 Å². The van der Waals surface area contributed by atoms with E-state index in [1.54, 1.807) is 28.6 Å². The number of benzene rings is 2. The van der Waals surface area contributed by atoms with E-state index in [4.69, 9.17) is 9.47 Å². The van der Waals surface area contributed by atoms with Crippen molar-refractivity contribution in [3.63, 3.8) is 0 Å². The SMILES string of the molecule is O=C(NCc1ccc(S(=O)(=O)N2CCCCC2)cc1)NC(c1ccc2c(c1)OCCO2)C1CC1. The molecule has 2 aromatic carbocycles. The Labute approximate surface area is 200 Å². The Hall–Kier alpha value is -2.78. The van der Waals surface area contributed by atoms with Crippen molar-refractivity contribution in [2.75, 3.05) is 26.3 Å². The number of rotatable bonds is 7. The fraction of sp³-hybridized carbons (Fsp3) is 0.480. The van der Waals surface area contributed by atoms with E-state index in [0.717, 1.165) is 54.7 Å². The summed E-state index contributed by atoms with van der Waals surface area (Å²) in [6.45, 7) is 2.55. The number of ether oxygens (including phenoxy) is 2. The molecule has 3 aliphatic rings. The fourth-order valence-corrected chi connectivity index (χ4v) is 6.08. The van der Waals surface area contributed by atoms with E-state index in [2.05, 4.69) is 10.6 Å². The van der Waals surface area contributed by atoms with Gasteiger partial charge in [-0.1, -0.05) is 24.6 Å². The first kappa shape index (κ1) is 23.0. The van der Waals surface area contributed by atoms with E-state index < -0.39 is 10.0 Å². The average Bonchev–Trinajstić information content (AvgIpc) is 3.72. The topological polar surface area (TPSA) is 97.0 Å². The van der Waals surface area contributed by atoms with E-state index in [0.29, 0.717) is 43.7 Å². The molecule has 1 saturated heterocycles. The molecule has 2 fully saturated rings. The third kappa shape index (κ3) is 5.15. The lowest BCUT2D eigenvalue weighted by Crippen LogP contribution is -2.38. The second-order valence-corrected chi connectivity index (χ2v) is 11.1. The molecular formula is C25H31N3O5S. The van der Waals surface area contributed by atoms with E-state index in [-0.39, 0.29) is 12.1 Å². The number of sulfonamides is 1. The molecule has 1 atom stereocenters. The number of carbonyl (C=O) groups excluding carboxylic acids is 1. The smallest absolute Gasteiger partial charge is 0.315 e. The first-order valence-corrected chi connectivity index (χ1v) is 13.5. The van der Waals surface area contributed by atoms with Gasteiger partial charge in [-0.3, -0.25) is 0 Å². The fourth-order valence-electron chi connectivity index (χ4n) is 4.56. The van der Waals surface area contributed by atoms with Gasteiger partial charge in [0.1, 0.15) is 13.2 Å². The standard InChI is InChI=1S/C25H31N3O5S/c29-25(27-24(19-6-7-19)20-8-11-22-23(16-20)33-15-14-32-22)26-17-18-4-9-21(10-5-18)34(30,31)28-12-2-1-3-13-28/h4-5,8-11,16,19,24H,1-3,6-7,12-15,17H2,(H2,26,27,29). The molecule has 182 valence electrons. The highest BCUT2D eigenvalue weighted by atomic mass is 32.2. The molecule has 5 rings (SSSR count). The van der Waals surface area contributed by atoms with Gasteiger partial charge in [0.2, 0.25) is 10.0 Å². The quantitative estimate of drug-likeness (QED) is 0.625. The Morgan fingerprint density at radius 1 is 0.971 bits per heavy atom. The van der Waals surface area contributed by atoms with Crippen molar-refractivity contribution in [2.45, 2.75) is 49.6 Å². The summed E-state index contributed by atoms with van der Waals surface area (Å²) in [5.74, 6) is 1.86. The van der Waals surface area contributed by atoms with Gasteiger partial charge in [0.15, 0.2) is 11.5 Å². The summed E-state index contributed by atoms with van der Waals surface area (Å²) in [7, 11) is -3.45. The molecular weight excluding hydrogens is 454 g/mol.